The second-order valence-corrected chi connectivity index (χ2v) is 9.78. The number of ether oxygens (including phenoxy) is 3. The minimum atomic E-state index is -0.262. The van der Waals surface area contributed by atoms with E-state index >= 15 is 0 Å². The second kappa shape index (κ2) is 13.2. The molecular weight excluding hydrogens is 472 g/mol. The number of likely N-dealkylation sites (tertiary alicyclic amines) is 2. The molecule has 3 N–H and O–H groups in total. The van der Waals surface area contributed by atoms with Gasteiger partial charge < -0.3 is 35.1 Å². The van der Waals surface area contributed by atoms with Gasteiger partial charge in [0.15, 0.2) is 0 Å². The topological polar surface area (TPSA) is 106 Å². The van der Waals surface area contributed by atoms with E-state index in [1.54, 1.807) is 13.2 Å². The van der Waals surface area contributed by atoms with Crippen molar-refractivity contribution in [2.45, 2.75) is 51.2 Å². The highest BCUT2D eigenvalue weighted by Gasteiger charge is 2.33. The van der Waals surface area contributed by atoms with E-state index in [0.717, 1.165) is 64.8 Å². The van der Waals surface area contributed by atoms with Crippen molar-refractivity contribution in [2.24, 2.45) is 5.92 Å². The zero-order chi connectivity index (χ0) is 25.4. The highest BCUT2D eigenvalue weighted by atomic mass is 35.5. The number of methoxy groups -OCH3 is 2. The van der Waals surface area contributed by atoms with Gasteiger partial charge in [0.25, 0.3) is 5.91 Å². The molecule has 0 saturated carbocycles. The predicted octanol–water partition coefficient (Wildman–Crippen LogP) is 3.40. The van der Waals surface area contributed by atoms with Crippen molar-refractivity contribution in [3.8, 4) is 5.75 Å². The number of nitrogen functional groups attached to an aromatic ring is 1. The largest absolute Gasteiger partial charge is 0.496 e. The van der Waals surface area contributed by atoms with Crippen LogP contribution in [-0.4, -0.2) is 87.5 Å². The summed E-state index contributed by atoms with van der Waals surface area (Å²) in [6.07, 6.45) is 4.31. The number of anilines is 1. The van der Waals surface area contributed by atoms with Crippen LogP contribution in [0.2, 0.25) is 5.02 Å². The molecule has 2 amide bonds. The normalized spacial score (nSPS) is 21.5. The van der Waals surface area contributed by atoms with Crippen molar-refractivity contribution >= 4 is 29.3 Å². The Morgan fingerprint density at radius 2 is 1.91 bits per heavy atom. The zero-order valence-electron chi connectivity index (χ0n) is 21.1. The number of carbonyl (C=O) groups is 2. The number of nitrogens with zero attached hydrogens (tertiary/aromatic N) is 2. The lowest BCUT2D eigenvalue weighted by atomic mass is 9.94. The minimum Gasteiger partial charge on any atom is -0.496 e. The van der Waals surface area contributed by atoms with E-state index in [-0.39, 0.29) is 24.1 Å². The summed E-state index contributed by atoms with van der Waals surface area (Å²) >= 11 is 6.13. The maximum Gasteiger partial charge on any atom is 0.409 e. The summed E-state index contributed by atoms with van der Waals surface area (Å²) < 4.78 is 16.4. The molecule has 1 aromatic carbocycles. The quantitative estimate of drug-likeness (QED) is 0.387. The summed E-state index contributed by atoms with van der Waals surface area (Å²) in [5, 5.41) is 3.41. The van der Waals surface area contributed by atoms with Gasteiger partial charge in [-0.3, -0.25) is 4.79 Å². The molecule has 0 bridgehead atoms. The first-order valence-electron chi connectivity index (χ1n) is 12.5. The molecule has 196 valence electrons. The molecule has 1 aromatic rings. The molecule has 2 atom stereocenters. The summed E-state index contributed by atoms with van der Waals surface area (Å²) in [5.41, 5.74) is 6.55. The fraction of sp³-hybridized carbons (Fsp3) is 0.680. The van der Waals surface area contributed by atoms with Gasteiger partial charge in [0, 0.05) is 45.9 Å². The Morgan fingerprint density at radius 3 is 2.57 bits per heavy atom. The molecule has 2 heterocycles. The van der Waals surface area contributed by atoms with Gasteiger partial charge in [0.1, 0.15) is 5.75 Å². The number of nitrogens with one attached hydrogen (secondary N) is 1. The predicted molar refractivity (Wildman–Crippen MR) is 136 cm³/mol. The van der Waals surface area contributed by atoms with Crippen LogP contribution in [0.1, 0.15) is 49.4 Å². The number of piperidine rings is 2. The molecule has 0 radical (unpaired) electrons. The fourth-order valence-electron chi connectivity index (χ4n) is 4.77. The van der Waals surface area contributed by atoms with Crippen LogP contribution in [-0.2, 0) is 9.47 Å². The van der Waals surface area contributed by atoms with E-state index in [1.165, 1.54) is 13.2 Å². The molecule has 9 nitrogen and oxygen atoms in total. The highest BCUT2D eigenvalue weighted by molar-refractivity contribution is 6.33. The standard InChI is InChI=1S/C25H39ClN4O5/c1-4-5-12-35-25(32)30-10-6-17(7-11-30)15-29-9-8-21(23(16-29)34-3)28-24(31)18-13-19(26)20(27)14-22(18)33-2/h13-14,17,21,23H,4-12,15-16,27H2,1-3H3,(H,28,31)/t21-,23+/m1/s1. The second-order valence-electron chi connectivity index (χ2n) is 9.37. The smallest absolute Gasteiger partial charge is 0.409 e. The SMILES string of the molecule is CCCCOC(=O)N1CCC(CN2CC[C@@H](NC(=O)c3cc(Cl)c(N)cc3OC)[C@@H](OC)C2)CC1. The van der Waals surface area contributed by atoms with Crippen LogP contribution in [0.15, 0.2) is 12.1 Å². The van der Waals surface area contributed by atoms with Crippen LogP contribution in [0.25, 0.3) is 0 Å². The number of hydrogen-bond donors (Lipinski definition) is 2. The maximum absolute atomic E-state index is 13.0. The van der Waals surface area contributed by atoms with Crippen LogP contribution >= 0.6 is 11.6 Å². The van der Waals surface area contributed by atoms with E-state index < -0.39 is 0 Å². The Bertz CT molecular complexity index is 863. The molecule has 0 unspecified atom stereocenters. The lowest BCUT2D eigenvalue weighted by Gasteiger charge is -2.40. The Hall–Kier alpha value is -2.23. The molecule has 2 saturated heterocycles. The van der Waals surface area contributed by atoms with E-state index in [9.17, 15) is 9.59 Å². The Balaban J connectivity index is 1.48. The molecule has 2 aliphatic heterocycles. The van der Waals surface area contributed by atoms with Gasteiger partial charge in [-0.2, -0.15) is 0 Å². The molecule has 2 aliphatic rings. The van der Waals surface area contributed by atoms with Crippen LogP contribution in [0.4, 0.5) is 10.5 Å². The van der Waals surface area contributed by atoms with Crippen LogP contribution in [0, 0.1) is 5.92 Å². The van der Waals surface area contributed by atoms with Crippen LogP contribution < -0.4 is 15.8 Å². The van der Waals surface area contributed by atoms with Crippen molar-refractivity contribution in [1.82, 2.24) is 15.1 Å². The van der Waals surface area contributed by atoms with E-state index in [0.29, 0.717) is 34.5 Å². The van der Waals surface area contributed by atoms with Gasteiger partial charge in [0.2, 0.25) is 0 Å². The lowest BCUT2D eigenvalue weighted by Crippen LogP contribution is -2.55. The van der Waals surface area contributed by atoms with Crippen molar-refractivity contribution < 1.29 is 23.8 Å². The molecular formula is C25H39ClN4O5. The van der Waals surface area contributed by atoms with Gasteiger partial charge in [-0.15, -0.1) is 0 Å². The van der Waals surface area contributed by atoms with Crippen molar-refractivity contribution in [3.05, 3.63) is 22.7 Å². The molecule has 0 aliphatic carbocycles. The van der Waals surface area contributed by atoms with Gasteiger partial charge in [0.05, 0.1) is 42.1 Å². The number of carbonyl (C=O) groups excluding carboxylic acids is 2. The minimum absolute atomic E-state index is 0.121. The van der Waals surface area contributed by atoms with E-state index in [2.05, 4.69) is 17.1 Å². The summed E-state index contributed by atoms with van der Waals surface area (Å²) in [6, 6.07) is 2.97. The average molecular weight is 511 g/mol. The number of benzene rings is 1. The van der Waals surface area contributed by atoms with E-state index in [1.807, 2.05) is 4.90 Å². The Kier molecular flexibility index (Phi) is 10.3. The molecule has 2 fully saturated rings. The van der Waals surface area contributed by atoms with Gasteiger partial charge in [-0.05, 0) is 37.7 Å². The summed E-state index contributed by atoms with van der Waals surface area (Å²) in [5.74, 6) is 0.651. The van der Waals surface area contributed by atoms with Gasteiger partial charge >= 0.3 is 6.09 Å². The Labute approximate surface area is 213 Å². The zero-order valence-corrected chi connectivity index (χ0v) is 21.8. The number of hydrogen-bond acceptors (Lipinski definition) is 7. The third kappa shape index (κ3) is 7.38. The molecule has 35 heavy (non-hydrogen) atoms. The first-order chi connectivity index (χ1) is 16.9. The highest BCUT2D eigenvalue weighted by Crippen LogP contribution is 2.29. The van der Waals surface area contributed by atoms with Crippen LogP contribution in [0.3, 0.4) is 0 Å². The number of nitrogens with two attached hydrogens (primary N) is 1. The summed E-state index contributed by atoms with van der Waals surface area (Å²) in [4.78, 5) is 29.4. The summed E-state index contributed by atoms with van der Waals surface area (Å²) in [6.45, 7) is 6.61. The van der Waals surface area contributed by atoms with Gasteiger partial charge in [-0.25, -0.2) is 4.79 Å². The summed E-state index contributed by atoms with van der Waals surface area (Å²) in [7, 11) is 3.17. The molecule has 0 aromatic heterocycles. The van der Waals surface area contributed by atoms with Crippen molar-refractivity contribution in [2.75, 3.05) is 59.3 Å². The fourth-order valence-corrected chi connectivity index (χ4v) is 4.93. The molecule has 3 rings (SSSR count). The van der Waals surface area contributed by atoms with E-state index in [4.69, 9.17) is 31.5 Å². The third-order valence-corrected chi connectivity index (χ3v) is 7.27. The number of amides is 2. The van der Waals surface area contributed by atoms with Crippen LogP contribution in [0.5, 0.6) is 5.75 Å². The first-order valence-corrected chi connectivity index (χ1v) is 12.8. The third-order valence-electron chi connectivity index (χ3n) is 6.94. The lowest BCUT2D eigenvalue weighted by molar-refractivity contribution is -0.00143. The number of halogens is 1. The number of rotatable bonds is 9. The van der Waals surface area contributed by atoms with Gasteiger partial charge in [-0.1, -0.05) is 24.9 Å². The van der Waals surface area contributed by atoms with Crippen molar-refractivity contribution in [3.63, 3.8) is 0 Å². The average Bonchev–Trinajstić information content (AvgIpc) is 2.86. The Morgan fingerprint density at radius 1 is 1.17 bits per heavy atom. The molecule has 0 spiro atoms. The monoisotopic (exact) mass is 510 g/mol. The number of unbranched alkanes of at least 4 members (excludes halogenated alkanes) is 1. The maximum atomic E-state index is 13.0. The first kappa shape index (κ1) is 27.4. The molecule has 10 heteroatoms. The van der Waals surface area contributed by atoms with Crippen molar-refractivity contribution in [1.29, 1.82) is 0 Å².